The van der Waals surface area contributed by atoms with Crippen molar-refractivity contribution in [2.75, 3.05) is 0 Å². The molecule has 0 aliphatic rings. The van der Waals surface area contributed by atoms with E-state index in [1.807, 2.05) is 34.6 Å². The molecule has 2 N–H and O–H groups in total. The fourth-order valence-corrected chi connectivity index (χ4v) is 1.71. The van der Waals surface area contributed by atoms with Gasteiger partial charge in [0.1, 0.15) is 5.83 Å². The number of rotatable bonds is 8. The third-order valence-corrected chi connectivity index (χ3v) is 2.84. The van der Waals surface area contributed by atoms with Gasteiger partial charge in [-0.25, -0.2) is 4.39 Å². The Balaban J connectivity index is -0.000000212. The average molecular weight is 344 g/mol. The number of nitrogens with two attached hydrogens (primary N) is 1. The summed E-state index contributed by atoms with van der Waals surface area (Å²) in [4.78, 5) is 9.22. The lowest BCUT2D eigenvalue weighted by atomic mass is 9.90. The zero-order chi connectivity index (χ0) is 20.0. The fraction of sp³-hybridized carbons (Fsp3) is 0.667. The minimum absolute atomic E-state index is 0.135. The highest BCUT2D eigenvalue weighted by Gasteiger charge is 2.08. The Morgan fingerprint density at radius 3 is 2.00 bits per heavy atom. The van der Waals surface area contributed by atoms with Crippen LogP contribution >= 0.6 is 0 Å². The van der Waals surface area contributed by atoms with Gasteiger partial charge in [-0.05, 0) is 50.7 Å². The number of primary amides is 1. The van der Waals surface area contributed by atoms with Crippen LogP contribution in [0.15, 0.2) is 36.2 Å². The molecule has 144 valence electrons. The van der Waals surface area contributed by atoms with E-state index in [0.29, 0.717) is 5.92 Å². The van der Waals surface area contributed by atoms with Gasteiger partial charge in [0.25, 0.3) is 0 Å². The van der Waals surface area contributed by atoms with E-state index in [1.165, 1.54) is 31.4 Å². The molecule has 3 heteroatoms. The van der Waals surface area contributed by atoms with Gasteiger partial charge in [-0.15, -0.1) is 0 Å². The maximum absolute atomic E-state index is 13.2. The minimum Gasteiger partial charge on any atom is -0.370 e. The Hall–Kier alpha value is -1.38. The summed E-state index contributed by atoms with van der Waals surface area (Å²) in [6.45, 7) is 19.6. The summed E-state index contributed by atoms with van der Waals surface area (Å²) in [6.07, 6.45) is 10.2. The Morgan fingerprint density at radius 1 is 1.21 bits per heavy atom. The first-order valence-electron chi connectivity index (χ1n) is 9.30. The predicted molar refractivity (Wildman–Crippen MR) is 109 cm³/mol. The molecule has 0 aromatic heterocycles. The van der Waals surface area contributed by atoms with Crippen LogP contribution in [0.25, 0.3) is 0 Å². The monoisotopic (exact) mass is 343 g/mol. The number of halogens is 1. The summed E-state index contributed by atoms with van der Waals surface area (Å²) < 4.78 is 13.2. The molecule has 0 saturated heterocycles. The Bertz CT molecular complexity index is 329. The molecule has 0 rings (SSSR count). The molecule has 0 aromatic carbocycles. The molecule has 0 heterocycles. The number of hydrogen-bond donors (Lipinski definition) is 1. The molecule has 0 aliphatic carbocycles. The normalized spacial score (nSPS) is 11.1. The summed E-state index contributed by atoms with van der Waals surface area (Å²) in [7, 11) is 0. The molecule has 1 amide bonds. The Kier molecular flexibility index (Phi) is 33.7. The molecular formula is C21H42FNO. The zero-order valence-electron chi connectivity index (χ0n) is 17.4. The fourth-order valence-electron chi connectivity index (χ4n) is 1.71. The van der Waals surface area contributed by atoms with Crippen LogP contribution in [-0.2, 0) is 4.79 Å². The van der Waals surface area contributed by atoms with Crippen molar-refractivity contribution in [3.8, 4) is 0 Å². The smallest absolute Gasteiger partial charge is 0.214 e. The van der Waals surface area contributed by atoms with Gasteiger partial charge in [0.2, 0.25) is 5.91 Å². The second-order valence-corrected chi connectivity index (χ2v) is 4.80. The van der Waals surface area contributed by atoms with E-state index in [9.17, 15) is 9.18 Å². The second-order valence-electron chi connectivity index (χ2n) is 4.80. The van der Waals surface area contributed by atoms with E-state index < -0.39 is 0 Å². The number of unbranched alkanes of at least 4 members (excludes halogenated alkanes) is 1. The van der Waals surface area contributed by atoms with Gasteiger partial charge in [0.15, 0.2) is 0 Å². The van der Waals surface area contributed by atoms with Crippen LogP contribution in [0.5, 0.6) is 0 Å². The molecular weight excluding hydrogens is 301 g/mol. The molecule has 0 bridgehead atoms. The van der Waals surface area contributed by atoms with Crippen molar-refractivity contribution in [1.82, 2.24) is 0 Å². The minimum atomic E-state index is -0.333. The van der Waals surface area contributed by atoms with Crippen LogP contribution in [0.1, 0.15) is 87.5 Å². The lowest BCUT2D eigenvalue weighted by Crippen LogP contribution is -2.01. The molecule has 0 aliphatic heterocycles. The van der Waals surface area contributed by atoms with E-state index in [2.05, 4.69) is 26.2 Å². The van der Waals surface area contributed by atoms with Gasteiger partial charge in [-0.1, -0.05) is 66.2 Å². The molecule has 1 atom stereocenters. The van der Waals surface area contributed by atoms with Crippen LogP contribution in [-0.4, -0.2) is 5.91 Å². The standard InChI is InChI=1S/C15H25F.C2H5NO.2C2H6/c1-5-8-10-13(4)14(7-3)11-12-15(16)9-6-2;1-2(3)4;2*1-2/h6,9,12,14H,4-5,7-8,10-11H2,1-3H3;1H3,(H2,3,4);2*1-2H3/b9-6-,15-12+;;;. The van der Waals surface area contributed by atoms with Crippen LogP contribution in [0.2, 0.25) is 0 Å². The first-order chi connectivity index (χ1) is 11.4. The number of amides is 1. The molecule has 0 radical (unpaired) electrons. The van der Waals surface area contributed by atoms with Crippen molar-refractivity contribution in [2.45, 2.75) is 87.5 Å². The first-order valence-corrected chi connectivity index (χ1v) is 9.30. The average Bonchev–Trinajstić information content (AvgIpc) is 2.57. The first kappa shape index (κ1) is 30.5. The summed E-state index contributed by atoms with van der Waals surface area (Å²) in [5, 5.41) is 0. The third kappa shape index (κ3) is 28.7. The van der Waals surface area contributed by atoms with E-state index in [0.717, 1.165) is 19.3 Å². The number of hydrogen-bond acceptors (Lipinski definition) is 1. The highest BCUT2D eigenvalue weighted by Crippen LogP contribution is 2.23. The molecule has 0 aromatic rings. The SMILES string of the molecule is C=C(CCCC)C(CC)C/C=C(F)\C=C/C.CC.CC.CC(N)=O. The third-order valence-electron chi connectivity index (χ3n) is 2.84. The molecule has 1 unspecified atom stereocenters. The van der Waals surface area contributed by atoms with E-state index in [4.69, 9.17) is 0 Å². The number of allylic oxidation sites excluding steroid dienone is 5. The van der Waals surface area contributed by atoms with Crippen molar-refractivity contribution < 1.29 is 9.18 Å². The van der Waals surface area contributed by atoms with Crippen molar-refractivity contribution >= 4 is 5.91 Å². The van der Waals surface area contributed by atoms with Crippen molar-refractivity contribution in [2.24, 2.45) is 11.7 Å². The van der Waals surface area contributed by atoms with E-state index >= 15 is 0 Å². The van der Waals surface area contributed by atoms with Crippen LogP contribution in [0.3, 0.4) is 0 Å². The topological polar surface area (TPSA) is 43.1 Å². The highest BCUT2D eigenvalue weighted by atomic mass is 19.1. The van der Waals surface area contributed by atoms with Gasteiger partial charge >= 0.3 is 0 Å². The Morgan fingerprint density at radius 2 is 1.67 bits per heavy atom. The lowest BCUT2D eigenvalue weighted by Gasteiger charge is -2.15. The van der Waals surface area contributed by atoms with Crippen LogP contribution in [0, 0.1) is 5.92 Å². The summed E-state index contributed by atoms with van der Waals surface area (Å²) in [5.41, 5.74) is 5.74. The van der Waals surface area contributed by atoms with E-state index in [-0.39, 0.29) is 11.7 Å². The van der Waals surface area contributed by atoms with Crippen molar-refractivity contribution in [1.29, 1.82) is 0 Å². The summed E-state index contributed by atoms with van der Waals surface area (Å²) in [6, 6.07) is 0. The second kappa shape index (κ2) is 26.5. The molecule has 24 heavy (non-hydrogen) atoms. The van der Waals surface area contributed by atoms with Crippen molar-refractivity contribution in [3.63, 3.8) is 0 Å². The predicted octanol–water partition coefficient (Wildman–Crippen LogP) is 7.12. The molecule has 0 saturated carbocycles. The van der Waals surface area contributed by atoms with Crippen LogP contribution in [0.4, 0.5) is 4.39 Å². The zero-order valence-corrected chi connectivity index (χ0v) is 17.4. The maximum atomic E-state index is 13.2. The van der Waals surface area contributed by atoms with Gasteiger partial charge < -0.3 is 5.73 Å². The van der Waals surface area contributed by atoms with Gasteiger partial charge in [0.05, 0.1) is 0 Å². The number of carbonyl (C=O) groups is 1. The van der Waals surface area contributed by atoms with Gasteiger partial charge in [-0.3, -0.25) is 4.79 Å². The molecule has 0 spiro atoms. The summed E-state index contributed by atoms with van der Waals surface area (Å²) >= 11 is 0. The molecule has 0 fully saturated rings. The summed E-state index contributed by atoms with van der Waals surface area (Å²) in [5.74, 6) is -0.0354. The highest BCUT2D eigenvalue weighted by molar-refractivity contribution is 5.70. The van der Waals surface area contributed by atoms with E-state index in [1.54, 1.807) is 12.2 Å². The quantitative estimate of drug-likeness (QED) is 0.370. The lowest BCUT2D eigenvalue weighted by molar-refractivity contribution is -0.115. The number of carbonyl (C=O) groups excluding carboxylic acids is 1. The van der Waals surface area contributed by atoms with Crippen molar-refractivity contribution in [3.05, 3.63) is 36.2 Å². The van der Waals surface area contributed by atoms with Crippen LogP contribution < -0.4 is 5.73 Å². The van der Waals surface area contributed by atoms with Gasteiger partial charge in [0, 0.05) is 6.92 Å². The Labute approximate surface area is 151 Å². The maximum Gasteiger partial charge on any atom is 0.214 e. The van der Waals surface area contributed by atoms with Gasteiger partial charge in [-0.2, -0.15) is 0 Å². The largest absolute Gasteiger partial charge is 0.370 e. The molecule has 2 nitrogen and oxygen atoms in total.